The first-order valence-corrected chi connectivity index (χ1v) is 6.26. The minimum absolute atomic E-state index is 0. The van der Waals surface area contributed by atoms with Crippen LogP contribution >= 0.6 is 12.4 Å². The number of halogens is 1. The second-order valence-corrected chi connectivity index (χ2v) is 4.99. The Morgan fingerprint density at radius 3 is 2.62 bits per heavy atom. The van der Waals surface area contributed by atoms with Gasteiger partial charge in [-0.15, -0.1) is 12.4 Å². The van der Waals surface area contributed by atoms with Gasteiger partial charge in [0, 0.05) is 13.6 Å². The van der Waals surface area contributed by atoms with E-state index in [-0.39, 0.29) is 18.4 Å². The molecule has 1 N–H and O–H groups in total. The van der Waals surface area contributed by atoms with Crippen LogP contribution in [-0.2, 0) is 4.79 Å². The third-order valence-electron chi connectivity index (χ3n) is 3.55. The zero-order valence-electron chi connectivity index (χ0n) is 10.1. The van der Waals surface area contributed by atoms with Crippen LogP contribution in [0.4, 0.5) is 0 Å². The number of nitrogens with one attached hydrogen (secondary N) is 1. The second-order valence-electron chi connectivity index (χ2n) is 4.99. The summed E-state index contributed by atoms with van der Waals surface area (Å²) in [6.07, 6.45) is 7.39. The standard InChI is InChI=1S/C12H22N2O.ClH/c1-14(9-7-10-5-6-10)12(15)11-4-2-3-8-13-11;/h10-11,13H,2-9H2,1H3;1H/t11-;/m1./s1. The Labute approximate surface area is 104 Å². The van der Waals surface area contributed by atoms with Gasteiger partial charge in [-0.1, -0.05) is 19.3 Å². The largest absolute Gasteiger partial charge is 0.344 e. The predicted octanol–water partition coefficient (Wildman–Crippen LogP) is 1.81. The quantitative estimate of drug-likeness (QED) is 0.821. The van der Waals surface area contributed by atoms with Gasteiger partial charge in [0.05, 0.1) is 6.04 Å². The SMILES string of the molecule is CN(CCC1CC1)C(=O)[C@H]1CCCCN1.Cl. The van der Waals surface area contributed by atoms with Gasteiger partial charge in [-0.2, -0.15) is 0 Å². The van der Waals surface area contributed by atoms with Crippen LogP contribution in [0.3, 0.4) is 0 Å². The van der Waals surface area contributed by atoms with E-state index in [1.165, 1.54) is 32.1 Å². The number of hydrogen-bond donors (Lipinski definition) is 1. The molecule has 0 radical (unpaired) electrons. The lowest BCUT2D eigenvalue weighted by Crippen LogP contribution is -2.47. The highest BCUT2D eigenvalue weighted by Crippen LogP contribution is 2.32. The summed E-state index contributed by atoms with van der Waals surface area (Å²) in [5.74, 6) is 1.22. The molecule has 2 aliphatic rings. The Balaban J connectivity index is 0.00000128. The van der Waals surface area contributed by atoms with E-state index in [9.17, 15) is 4.79 Å². The molecule has 1 heterocycles. The summed E-state index contributed by atoms with van der Waals surface area (Å²) in [7, 11) is 1.95. The molecular formula is C12H23ClN2O. The number of rotatable bonds is 4. The van der Waals surface area contributed by atoms with Crippen molar-refractivity contribution in [1.29, 1.82) is 0 Å². The van der Waals surface area contributed by atoms with Crippen molar-refractivity contribution in [3.63, 3.8) is 0 Å². The number of likely N-dealkylation sites (N-methyl/N-ethyl adjacent to an activating group) is 1. The summed E-state index contributed by atoms with van der Waals surface area (Å²) in [5.41, 5.74) is 0. The molecule has 4 heteroatoms. The van der Waals surface area contributed by atoms with Gasteiger partial charge >= 0.3 is 0 Å². The normalized spacial score (nSPS) is 24.7. The number of nitrogens with zero attached hydrogens (tertiary/aromatic N) is 1. The Kier molecular flexibility index (Phi) is 5.56. The molecule has 0 spiro atoms. The lowest BCUT2D eigenvalue weighted by Gasteiger charge is -2.27. The molecule has 16 heavy (non-hydrogen) atoms. The summed E-state index contributed by atoms with van der Waals surface area (Å²) in [6, 6.07) is 0.1000. The molecule has 1 atom stereocenters. The Morgan fingerprint density at radius 1 is 1.31 bits per heavy atom. The van der Waals surface area contributed by atoms with Crippen LogP contribution in [0.25, 0.3) is 0 Å². The molecule has 94 valence electrons. The maximum atomic E-state index is 12.0. The predicted molar refractivity (Wildman–Crippen MR) is 67.9 cm³/mol. The molecule has 0 bridgehead atoms. The summed E-state index contributed by atoms with van der Waals surface area (Å²) in [4.78, 5) is 13.9. The smallest absolute Gasteiger partial charge is 0.239 e. The molecule has 1 aliphatic carbocycles. The molecule has 0 aromatic carbocycles. The first-order chi connectivity index (χ1) is 7.27. The van der Waals surface area contributed by atoms with Gasteiger partial charge in [-0.3, -0.25) is 4.79 Å². The Hall–Kier alpha value is -0.280. The van der Waals surface area contributed by atoms with E-state index in [1.54, 1.807) is 0 Å². The van der Waals surface area contributed by atoms with Gasteiger partial charge in [-0.25, -0.2) is 0 Å². The zero-order valence-corrected chi connectivity index (χ0v) is 10.9. The van der Waals surface area contributed by atoms with Crippen molar-refractivity contribution < 1.29 is 4.79 Å². The van der Waals surface area contributed by atoms with Crippen LogP contribution in [-0.4, -0.2) is 37.0 Å². The van der Waals surface area contributed by atoms with Crippen molar-refractivity contribution in [2.75, 3.05) is 20.1 Å². The lowest BCUT2D eigenvalue weighted by atomic mass is 10.0. The molecule has 1 saturated heterocycles. The van der Waals surface area contributed by atoms with E-state index >= 15 is 0 Å². The van der Waals surface area contributed by atoms with Gasteiger partial charge in [0.1, 0.15) is 0 Å². The fourth-order valence-corrected chi connectivity index (χ4v) is 2.22. The van der Waals surface area contributed by atoms with E-state index in [0.29, 0.717) is 5.91 Å². The zero-order chi connectivity index (χ0) is 10.7. The third-order valence-corrected chi connectivity index (χ3v) is 3.55. The van der Waals surface area contributed by atoms with Crippen molar-refractivity contribution in [3.8, 4) is 0 Å². The molecule has 0 aromatic heterocycles. The highest BCUT2D eigenvalue weighted by molar-refractivity contribution is 5.85. The van der Waals surface area contributed by atoms with Gasteiger partial charge in [0.15, 0.2) is 0 Å². The minimum atomic E-state index is 0. The van der Waals surface area contributed by atoms with E-state index in [4.69, 9.17) is 0 Å². The average Bonchev–Trinajstić information content (AvgIpc) is 3.10. The van der Waals surface area contributed by atoms with E-state index in [2.05, 4.69) is 5.32 Å². The van der Waals surface area contributed by atoms with Crippen LogP contribution in [0.5, 0.6) is 0 Å². The molecule has 2 fully saturated rings. The fraction of sp³-hybridized carbons (Fsp3) is 0.917. The van der Waals surface area contributed by atoms with Gasteiger partial charge < -0.3 is 10.2 Å². The molecule has 1 aliphatic heterocycles. The molecule has 0 unspecified atom stereocenters. The number of hydrogen-bond acceptors (Lipinski definition) is 2. The molecule has 0 aromatic rings. The molecule has 1 saturated carbocycles. The van der Waals surface area contributed by atoms with Gasteiger partial charge in [-0.05, 0) is 31.7 Å². The van der Waals surface area contributed by atoms with Gasteiger partial charge in [0.25, 0.3) is 0 Å². The third kappa shape index (κ3) is 3.95. The first-order valence-electron chi connectivity index (χ1n) is 6.26. The highest BCUT2D eigenvalue weighted by Gasteiger charge is 2.26. The lowest BCUT2D eigenvalue weighted by molar-refractivity contribution is -0.132. The summed E-state index contributed by atoms with van der Waals surface area (Å²) >= 11 is 0. The Bertz CT molecular complexity index is 225. The average molecular weight is 247 g/mol. The summed E-state index contributed by atoms with van der Waals surface area (Å²) in [5, 5.41) is 3.31. The second kappa shape index (κ2) is 6.45. The summed E-state index contributed by atoms with van der Waals surface area (Å²) in [6.45, 7) is 1.95. The first kappa shape index (κ1) is 13.8. The molecular weight excluding hydrogens is 224 g/mol. The van der Waals surface area contributed by atoms with Crippen molar-refractivity contribution >= 4 is 18.3 Å². The maximum absolute atomic E-state index is 12.0. The van der Waals surface area contributed by atoms with Crippen LogP contribution < -0.4 is 5.32 Å². The van der Waals surface area contributed by atoms with Crippen molar-refractivity contribution in [1.82, 2.24) is 10.2 Å². The van der Waals surface area contributed by atoms with E-state index in [0.717, 1.165) is 25.4 Å². The van der Waals surface area contributed by atoms with Crippen LogP contribution in [0.1, 0.15) is 38.5 Å². The number of amides is 1. The van der Waals surface area contributed by atoms with Crippen LogP contribution in [0.2, 0.25) is 0 Å². The minimum Gasteiger partial charge on any atom is -0.344 e. The number of carbonyl (C=O) groups excluding carboxylic acids is 1. The van der Waals surface area contributed by atoms with E-state index in [1.807, 2.05) is 11.9 Å². The van der Waals surface area contributed by atoms with E-state index < -0.39 is 0 Å². The maximum Gasteiger partial charge on any atom is 0.239 e. The van der Waals surface area contributed by atoms with Crippen molar-refractivity contribution in [2.45, 2.75) is 44.6 Å². The molecule has 3 nitrogen and oxygen atoms in total. The molecule has 1 amide bonds. The summed E-state index contributed by atoms with van der Waals surface area (Å²) < 4.78 is 0. The number of piperidine rings is 1. The van der Waals surface area contributed by atoms with Crippen molar-refractivity contribution in [2.24, 2.45) is 5.92 Å². The van der Waals surface area contributed by atoms with Crippen LogP contribution in [0, 0.1) is 5.92 Å². The Morgan fingerprint density at radius 2 is 2.06 bits per heavy atom. The monoisotopic (exact) mass is 246 g/mol. The van der Waals surface area contributed by atoms with Gasteiger partial charge in [0.2, 0.25) is 5.91 Å². The van der Waals surface area contributed by atoms with Crippen molar-refractivity contribution in [3.05, 3.63) is 0 Å². The van der Waals surface area contributed by atoms with Crippen LogP contribution in [0.15, 0.2) is 0 Å². The number of carbonyl (C=O) groups is 1. The highest BCUT2D eigenvalue weighted by atomic mass is 35.5. The molecule has 2 rings (SSSR count). The topological polar surface area (TPSA) is 32.3 Å². The fourth-order valence-electron chi connectivity index (χ4n) is 2.22.